The van der Waals surface area contributed by atoms with Gasteiger partial charge in [-0.2, -0.15) is 0 Å². The summed E-state index contributed by atoms with van der Waals surface area (Å²) in [6.45, 7) is 6.78. The highest BCUT2D eigenvalue weighted by molar-refractivity contribution is 7.16. The molecule has 0 unspecified atom stereocenters. The van der Waals surface area contributed by atoms with E-state index in [9.17, 15) is 4.79 Å². The van der Waals surface area contributed by atoms with Crippen molar-refractivity contribution >= 4 is 45.0 Å². The molecule has 1 amide bonds. The number of para-hydroxylation sites is 2. The Kier molecular flexibility index (Phi) is 5.97. The number of carbonyl (C=O) groups excluding carboxylic acids is 1. The number of amides is 1. The molecule has 2 heterocycles. The normalized spacial score (nSPS) is 13.4. The van der Waals surface area contributed by atoms with Crippen LogP contribution in [0.4, 0.5) is 10.7 Å². The minimum absolute atomic E-state index is 0.0708. The average molecular weight is 454 g/mol. The molecule has 0 radical (unpaired) electrons. The average Bonchev–Trinajstić information content (AvgIpc) is 3.34. The summed E-state index contributed by atoms with van der Waals surface area (Å²) in [6.07, 6.45) is 8.11. The van der Waals surface area contributed by atoms with Gasteiger partial charge in [-0.05, 0) is 56.4 Å². The monoisotopic (exact) mass is 453 g/mol. The smallest absolute Gasteiger partial charge is 0.259 e. The van der Waals surface area contributed by atoms with E-state index in [1.807, 2.05) is 42.6 Å². The van der Waals surface area contributed by atoms with Crippen molar-refractivity contribution in [3.8, 4) is 0 Å². The van der Waals surface area contributed by atoms with Crippen LogP contribution in [0.2, 0.25) is 0 Å². The number of benzene rings is 2. The molecule has 2 aromatic heterocycles. The standard InChI is InChI=1S/C28H27N3OS/c1-3-17-31-19(2)23(21-13-7-9-15-24(21)31)18-29-28-26(22-14-8-10-16-25(22)33-28)27(32)30-20-11-5-4-6-12-20/h3-7,9,11-13,15,18H,1,8,10,14,16-17H2,2H3,(H,30,32). The molecule has 166 valence electrons. The van der Waals surface area contributed by atoms with Gasteiger partial charge in [0.1, 0.15) is 5.00 Å². The predicted octanol–water partition coefficient (Wildman–Crippen LogP) is 7.08. The quantitative estimate of drug-likeness (QED) is 0.246. The summed E-state index contributed by atoms with van der Waals surface area (Å²) in [6, 6.07) is 18.0. The number of carbonyl (C=O) groups is 1. The molecule has 1 aliphatic rings. The second-order valence-corrected chi connectivity index (χ2v) is 9.47. The van der Waals surface area contributed by atoms with Crippen molar-refractivity contribution in [3.05, 3.63) is 94.5 Å². The minimum Gasteiger partial charge on any atom is -0.340 e. The third kappa shape index (κ3) is 4.05. The van der Waals surface area contributed by atoms with Crippen LogP contribution in [0.5, 0.6) is 0 Å². The summed E-state index contributed by atoms with van der Waals surface area (Å²) >= 11 is 1.67. The van der Waals surface area contributed by atoms with Crippen molar-refractivity contribution in [2.24, 2.45) is 4.99 Å². The number of rotatable bonds is 6. The van der Waals surface area contributed by atoms with Gasteiger partial charge in [-0.1, -0.05) is 42.5 Å². The SMILES string of the molecule is C=CCn1c(C)c(C=Nc2sc3c(c2C(=O)Nc2ccccc2)CCCC3)c2ccccc21. The molecular weight excluding hydrogens is 426 g/mol. The summed E-state index contributed by atoms with van der Waals surface area (Å²) in [7, 11) is 0. The van der Waals surface area contributed by atoms with Crippen LogP contribution in [-0.2, 0) is 19.4 Å². The van der Waals surface area contributed by atoms with Gasteiger partial charge >= 0.3 is 0 Å². The van der Waals surface area contributed by atoms with Crippen LogP contribution in [0.3, 0.4) is 0 Å². The van der Waals surface area contributed by atoms with E-state index in [0.717, 1.165) is 58.7 Å². The first-order valence-corrected chi connectivity index (χ1v) is 12.2. The number of allylic oxidation sites excluding steroid dienone is 1. The second kappa shape index (κ2) is 9.20. The Hall–Kier alpha value is -3.44. The maximum atomic E-state index is 13.4. The van der Waals surface area contributed by atoms with E-state index in [4.69, 9.17) is 4.99 Å². The van der Waals surface area contributed by atoms with Crippen LogP contribution >= 0.6 is 11.3 Å². The van der Waals surface area contributed by atoms with Crippen molar-refractivity contribution in [1.82, 2.24) is 4.57 Å². The summed E-state index contributed by atoms with van der Waals surface area (Å²) in [5.74, 6) is -0.0708. The van der Waals surface area contributed by atoms with E-state index in [1.54, 1.807) is 11.3 Å². The molecule has 1 N–H and O–H groups in total. The number of thiophene rings is 1. The van der Waals surface area contributed by atoms with Crippen molar-refractivity contribution in [2.45, 2.75) is 39.2 Å². The van der Waals surface area contributed by atoms with E-state index in [-0.39, 0.29) is 5.91 Å². The number of fused-ring (bicyclic) bond motifs is 2. The number of aliphatic imine (C=N–C) groups is 1. The number of aromatic nitrogens is 1. The molecule has 0 bridgehead atoms. The summed E-state index contributed by atoms with van der Waals surface area (Å²) < 4.78 is 2.26. The fraction of sp³-hybridized carbons (Fsp3) is 0.214. The van der Waals surface area contributed by atoms with Gasteiger partial charge < -0.3 is 9.88 Å². The zero-order valence-corrected chi connectivity index (χ0v) is 19.6. The maximum absolute atomic E-state index is 13.4. The largest absolute Gasteiger partial charge is 0.340 e. The van der Waals surface area contributed by atoms with E-state index in [0.29, 0.717) is 0 Å². The third-order valence-electron chi connectivity index (χ3n) is 6.31. The van der Waals surface area contributed by atoms with E-state index >= 15 is 0 Å². The highest BCUT2D eigenvalue weighted by atomic mass is 32.1. The fourth-order valence-electron chi connectivity index (χ4n) is 4.70. The molecule has 5 heteroatoms. The first-order valence-electron chi connectivity index (χ1n) is 11.4. The predicted molar refractivity (Wildman–Crippen MR) is 139 cm³/mol. The number of nitrogens with one attached hydrogen (secondary N) is 1. The molecule has 5 rings (SSSR count). The molecule has 0 spiro atoms. The molecule has 0 aliphatic heterocycles. The van der Waals surface area contributed by atoms with Crippen LogP contribution in [0.1, 0.15) is 44.9 Å². The Labute approximate surface area is 198 Å². The van der Waals surface area contributed by atoms with Crippen molar-refractivity contribution in [1.29, 1.82) is 0 Å². The molecule has 4 aromatic rings. The molecule has 33 heavy (non-hydrogen) atoms. The fourth-order valence-corrected chi connectivity index (χ4v) is 5.93. The van der Waals surface area contributed by atoms with Crippen molar-refractivity contribution in [2.75, 3.05) is 5.32 Å². The Balaban J connectivity index is 1.57. The lowest BCUT2D eigenvalue weighted by molar-refractivity contribution is 0.102. The number of aryl methyl sites for hydroxylation is 1. The topological polar surface area (TPSA) is 46.4 Å². The summed E-state index contributed by atoms with van der Waals surface area (Å²) in [5.41, 5.74) is 6.13. The van der Waals surface area contributed by atoms with Gasteiger partial charge in [0.2, 0.25) is 0 Å². The van der Waals surface area contributed by atoms with Gasteiger partial charge in [0.15, 0.2) is 0 Å². The van der Waals surface area contributed by atoms with Crippen LogP contribution in [0.25, 0.3) is 10.9 Å². The van der Waals surface area contributed by atoms with Gasteiger partial charge in [0.05, 0.1) is 5.56 Å². The first-order chi connectivity index (χ1) is 16.2. The molecule has 0 atom stereocenters. The second-order valence-electron chi connectivity index (χ2n) is 8.38. The lowest BCUT2D eigenvalue weighted by atomic mass is 9.95. The number of anilines is 1. The van der Waals surface area contributed by atoms with Crippen molar-refractivity contribution in [3.63, 3.8) is 0 Å². The summed E-state index contributed by atoms with van der Waals surface area (Å²) in [5, 5.41) is 5.04. The first kappa shape index (κ1) is 21.4. The zero-order valence-electron chi connectivity index (χ0n) is 18.8. The van der Waals surface area contributed by atoms with E-state index in [2.05, 4.69) is 47.7 Å². The zero-order chi connectivity index (χ0) is 22.8. The molecule has 1 aliphatic carbocycles. The molecular formula is C28H27N3OS. The highest BCUT2D eigenvalue weighted by Gasteiger charge is 2.25. The maximum Gasteiger partial charge on any atom is 0.259 e. The Bertz CT molecular complexity index is 1360. The van der Waals surface area contributed by atoms with Crippen LogP contribution < -0.4 is 5.32 Å². The summed E-state index contributed by atoms with van der Waals surface area (Å²) in [4.78, 5) is 19.6. The lowest BCUT2D eigenvalue weighted by Crippen LogP contribution is -2.14. The van der Waals surface area contributed by atoms with Gasteiger partial charge in [0.25, 0.3) is 5.91 Å². The van der Waals surface area contributed by atoms with Crippen LogP contribution in [0.15, 0.2) is 72.2 Å². The van der Waals surface area contributed by atoms with Crippen molar-refractivity contribution < 1.29 is 4.79 Å². The third-order valence-corrected chi connectivity index (χ3v) is 7.51. The van der Waals surface area contributed by atoms with E-state index in [1.165, 1.54) is 22.4 Å². The van der Waals surface area contributed by atoms with Gasteiger partial charge in [0, 0.05) is 45.5 Å². The molecule has 4 nitrogen and oxygen atoms in total. The Morgan fingerprint density at radius 1 is 1.12 bits per heavy atom. The molecule has 0 saturated carbocycles. The number of hydrogen-bond acceptors (Lipinski definition) is 3. The lowest BCUT2D eigenvalue weighted by Gasteiger charge is -2.12. The van der Waals surface area contributed by atoms with Crippen LogP contribution in [0, 0.1) is 6.92 Å². The van der Waals surface area contributed by atoms with E-state index < -0.39 is 0 Å². The highest BCUT2D eigenvalue weighted by Crippen LogP contribution is 2.40. The molecule has 0 fully saturated rings. The van der Waals surface area contributed by atoms with Gasteiger partial charge in [-0.25, -0.2) is 4.99 Å². The Morgan fingerprint density at radius 2 is 1.88 bits per heavy atom. The molecule has 2 aromatic carbocycles. The Morgan fingerprint density at radius 3 is 2.70 bits per heavy atom. The van der Waals surface area contributed by atoms with Gasteiger partial charge in [-0.15, -0.1) is 17.9 Å². The molecule has 0 saturated heterocycles. The number of hydrogen-bond donors (Lipinski definition) is 1. The minimum atomic E-state index is -0.0708. The van der Waals surface area contributed by atoms with Crippen LogP contribution in [-0.4, -0.2) is 16.7 Å². The van der Waals surface area contributed by atoms with Gasteiger partial charge in [-0.3, -0.25) is 4.79 Å². The number of nitrogens with zero attached hydrogens (tertiary/aromatic N) is 2.